The number of aliphatic hydroxyl groups is 1. The summed E-state index contributed by atoms with van der Waals surface area (Å²) in [6, 6.07) is 6.99. The Hall–Kier alpha value is -0.620. The van der Waals surface area contributed by atoms with Gasteiger partial charge in [-0.2, -0.15) is 0 Å². The van der Waals surface area contributed by atoms with E-state index in [0.717, 1.165) is 6.26 Å². The molecule has 0 aromatic heterocycles. The highest BCUT2D eigenvalue weighted by atomic mass is 35.5. The second-order valence-corrected chi connectivity index (χ2v) is 7.20. The van der Waals surface area contributed by atoms with Crippen molar-refractivity contribution in [2.45, 2.75) is 24.2 Å². The average molecular weight is 292 g/mol. The first-order valence-electron chi connectivity index (χ1n) is 5.60. The van der Waals surface area contributed by atoms with Crippen LogP contribution in [-0.2, 0) is 9.84 Å². The standard InChI is InChI=1S/C12H18ClNO3S/c1-8(18(2,16)17)12(15)10(7-14)9-5-3-4-6-11(9)13/h3-6,8,10,12,15H,7,14H2,1-2H3. The Balaban J connectivity index is 3.08. The van der Waals surface area contributed by atoms with Crippen LogP contribution in [0.2, 0.25) is 5.02 Å². The zero-order valence-electron chi connectivity index (χ0n) is 10.4. The van der Waals surface area contributed by atoms with E-state index in [1.165, 1.54) is 6.92 Å². The van der Waals surface area contributed by atoms with Gasteiger partial charge in [0.15, 0.2) is 9.84 Å². The molecule has 18 heavy (non-hydrogen) atoms. The molecule has 0 radical (unpaired) electrons. The summed E-state index contributed by atoms with van der Waals surface area (Å²) in [4.78, 5) is 0. The molecule has 0 saturated heterocycles. The average Bonchev–Trinajstić information content (AvgIpc) is 2.30. The molecule has 0 aliphatic carbocycles. The predicted octanol–water partition coefficient (Wildman–Crippen LogP) is 1.18. The van der Waals surface area contributed by atoms with Crippen LogP contribution in [0.1, 0.15) is 18.4 Å². The molecule has 3 unspecified atom stereocenters. The van der Waals surface area contributed by atoms with Crippen molar-refractivity contribution in [3.8, 4) is 0 Å². The van der Waals surface area contributed by atoms with E-state index in [1.54, 1.807) is 24.3 Å². The van der Waals surface area contributed by atoms with E-state index in [1.807, 2.05) is 0 Å². The lowest BCUT2D eigenvalue weighted by Gasteiger charge is -2.26. The van der Waals surface area contributed by atoms with E-state index in [4.69, 9.17) is 17.3 Å². The smallest absolute Gasteiger partial charge is 0.152 e. The number of aliphatic hydroxyl groups excluding tert-OH is 1. The van der Waals surface area contributed by atoms with Gasteiger partial charge in [0.2, 0.25) is 0 Å². The quantitative estimate of drug-likeness (QED) is 0.853. The number of rotatable bonds is 5. The molecule has 1 aromatic carbocycles. The summed E-state index contributed by atoms with van der Waals surface area (Å²) < 4.78 is 23.0. The Kier molecular flexibility index (Phi) is 5.16. The van der Waals surface area contributed by atoms with Gasteiger partial charge in [-0.15, -0.1) is 0 Å². The molecule has 0 amide bonds. The van der Waals surface area contributed by atoms with Gasteiger partial charge in [0.1, 0.15) is 0 Å². The second kappa shape index (κ2) is 6.02. The molecule has 0 spiro atoms. The van der Waals surface area contributed by atoms with Crippen LogP contribution in [-0.4, -0.2) is 37.7 Å². The van der Waals surface area contributed by atoms with Gasteiger partial charge in [-0.25, -0.2) is 8.42 Å². The van der Waals surface area contributed by atoms with Crippen LogP contribution >= 0.6 is 11.6 Å². The fourth-order valence-corrected chi connectivity index (χ4v) is 2.78. The molecule has 6 heteroatoms. The van der Waals surface area contributed by atoms with Gasteiger partial charge in [0.25, 0.3) is 0 Å². The lowest BCUT2D eigenvalue weighted by atomic mass is 9.92. The molecule has 4 nitrogen and oxygen atoms in total. The molecule has 3 atom stereocenters. The second-order valence-electron chi connectivity index (χ2n) is 4.39. The number of nitrogens with two attached hydrogens (primary N) is 1. The van der Waals surface area contributed by atoms with Gasteiger partial charge in [-0.1, -0.05) is 29.8 Å². The van der Waals surface area contributed by atoms with E-state index in [9.17, 15) is 13.5 Å². The number of sulfone groups is 1. The zero-order valence-corrected chi connectivity index (χ0v) is 11.9. The summed E-state index contributed by atoms with van der Waals surface area (Å²) >= 11 is 6.04. The first-order valence-corrected chi connectivity index (χ1v) is 7.93. The third-order valence-corrected chi connectivity index (χ3v) is 5.10. The van der Waals surface area contributed by atoms with Crippen LogP contribution in [0.3, 0.4) is 0 Å². The lowest BCUT2D eigenvalue weighted by molar-refractivity contribution is 0.144. The van der Waals surface area contributed by atoms with Crippen molar-refractivity contribution in [3.05, 3.63) is 34.9 Å². The molecular weight excluding hydrogens is 274 g/mol. The van der Waals surface area contributed by atoms with Crippen molar-refractivity contribution >= 4 is 21.4 Å². The molecule has 0 heterocycles. The molecule has 0 bridgehead atoms. The topological polar surface area (TPSA) is 80.4 Å². The van der Waals surface area contributed by atoms with Crippen LogP contribution in [0, 0.1) is 0 Å². The van der Waals surface area contributed by atoms with E-state index >= 15 is 0 Å². The van der Waals surface area contributed by atoms with Gasteiger partial charge in [0.05, 0.1) is 11.4 Å². The van der Waals surface area contributed by atoms with E-state index in [-0.39, 0.29) is 6.54 Å². The summed E-state index contributed by atoms with van der Waals surface area (Å²) in [7, 11) is -3.33. The molecule has 102 valence electrons. The Morgan fingerprint density at radius 2 is 1.94 bits per heavy atom. The SMILES string of the molecule is CC(C(O)C(CN)c1ccccc1Cl)S(C)(=O)=O. The van der Waals surface area contributed by atoms with E-state index in [2.05, 4.69) is 0 Å². The third-order valence-electron chi connectivity index (χ3n) is 3.13. The van der Waals surface area contributed by atoms with Gasteiger partial charge >= 0.3 is 0 Å². The van der Waals surface area contributed by atoms with E-state index < -0.39 is 27.1 Å². The van der Waals surface area contributed by atoms with Crippen molar-refractivity contribution in [1.29, 1.82) is 0 Å². The van der Waals surface area contributed by atoms with Crippen LogP contribution < -0.4 is 5.73 Å². The Bertz CT molecular complexity index is 504. The maximum atomic E-state index is 11.5. The normalized spacial score (nSPS) is 17.2. The summed E-state index contributed by atoms with van der Waals surface area (Å²) in [6.07, 6.45) is 0.0195. The molecule has 0 fully saturated rings. The van der Waals surface area contributed by atoms with E-state index in [0.29, 0.717) is 10.6 Å². The molecule has 0 aliphatic rings. The molecule has 3 N–H and O–H groups in total. The van der Waals surface area contributed by atoms with Crippen LogP contribution in [0.5, 0.6) is 0 Å². The van der Waals surface area contributed by atoms with Crippen molar-refractivity contribution in [2.75, 3.05) is 12.8 Å². The largest absolute Gasteiger partial charge is 0.391 e. The number of hydrogen-bond donors (Lipinski definition) is 2. The number of halogens is 1. The minimum absolute atomic E-state index is 0.130. The van der Waals surface area contributed by atoms with Crippen molar-refractivity contribution in [1.82, 2.24) is 0 Å². The minimum Gasteiger partial charge on any atom is -0.391 e. The van der Waals surface area contributed by atoms with Crippen molar-refractivity contribution < 1.29 is 13.5 Å². The van der Waals surface area contributed by atoms with Gasteiger partial charge in [-0.3, -0.25) is 0 Å². The van der Waals surface area contributed by atoms with Crippen molar-refractivity contribution in [3.63, 3.8) is 0 Å². The molecule has 0 aliphatic heterocycles. The fourth-order valence-electron chi connectivity index (χ4n) is 1.81. The van der Waals surface area contributed by atoms with Crippen LogP contribution in [0.25, 0.3) is 0 Å². The van der Waals surface area contributed by atoms with Crippen LogP contribution in [0.4, 0.5) is 0 Å². The maximum absolute atomic E-state index is 11.5. The summed E-state index contributed by atoms with van der Waals surface area (Å²) in [5.74, 6) is -0.497. The monoisotopic (exact) mass is 291 g/mol. The minimum atomic E-state index is -3.33. The molecular formula is C12H18ClNO3S. The maximum Gasteiger partial charge on any atom is 0.152 e. The highest BCUT2D eigenvalue weighted by Gasteiger charge is 2.32. The third kappa shape index (κ3) is 3.45. The number of benzene rings is 1. The Labute approximate surface area is 113 Å². The van der Waals surface area contributed by atoms with Crippen molar-refractivity contribution in [2.24, 2.45) is 5.73 Å². The first-order chi connectivity index (χ1) is 8.29. The fraction of sp³-hybridized carbons (Fsp3) is 0.500. The Morgan fingerprint density at radius 1 is 1.39 bits per heavy atom. The van der Waals surface area contributed by atoms with Gasteiger partial charge in [-0.05, 0) is 18.6 Å². The summed E-state index contributed by atoms with van der Waals surface area (Å²) in [5.41, 5.74) is 6.31. The predicted molar refractivity (Wildman–Crippen MR) is 73.6 cm³/mol. The lowest BCUT2D eigenvalue weighted by Crippen LogP contribution is -2.38. The summed E-state index contributed by atoms with van der Waals surface area (Å²) in [5, 5.41) is 9.77. The van der Waals surface area contributed by atoms with Crippen LogP contribution in [0.15, 0.2) is 24.3 Å². The highest BCUT2D eigenvalue weighted by Crippen LogP contribution is 2.29. The number of hydrogen-bond acceptors (Lipinski definition) is 4. The molecule has 0 saturated carbocycles. The zero-order chi connectivity index (χ0) is 13.9. The Morgan fingerprint density at radius 3 is 2.39 bits per heavy atom. The molecule has 1 rings (SSSR count). The highest BCUT2D eigenvalue weighted by molar-refractivity contribution is 7.91. The molecule has 1 aromatic rings. The van der Waals surface area contributed by atoms with Gasteiger partial charge in [0, 0.05) is 23.7 Å². The summed E-state index contributed by atoms with van der Waals surface area (Å²) in [6.45, 7) is 1.60. The van der Waals surface area contributed by atoms with Gasteiger partial charge < -0.3 is 10.8 Å². The first kappa shape index (κ1) is 15.4.